The summed E-state index contributed by atoms with van der Waals surface area (Å²) in [5.41, 5.74) is 0.560. The third-order valence-corrected chi connectivity index (χ3v) is 3.33. The number of esters is 1. The summed E-state index contributed by atoms with van der Waals surface area (Å²) in [6, 6.07) is 7.15. The van der Waals surface area contributed by atoms with Crippen LogP contribution < -0.4 is 0 Å². The summed E-state index contributed by atoms with van der Waals surface area (Å²) in [6.07, 6.45) is 0. The third-order valence-electron chi connectivity index (χ3n) is 2.84. The van der Waals surface area contributed by atoms with E-state index in [9.17, 15) is 9.59 Å². The molecule has 0 aliphatic heterocycles. The Morgan fingerprint density at radius 3 is 2.50 bits per heavy atom. The minimum absolute atomic E-state index is 0.160. The van der Waals surface area contributed by atoms with Gasteiger partial charge in [-0.3, -0.25) is 14.6 Å². The number of hydrogen-bond acceptors (Lipinski definition) is 4. The van der Waals surface area contributed by atoms with Crippen LogP contribution in [0.3, 0.4) is 0 Å². The van der Waals surface area contributed by atoms with E-state index in [1.807, 2.05) is 6.07 Å². The van der Waals surface area contributed by atoms with Crippen LogP contribution >= 0.6 is 15.9 Å². The lowest BCUT2D eigenvalue weighted by Crippen LogP contribution is -2.45. The molecule has 0 saturated heterocycles. The highest BCUT2D eigenvalue weighted by atomic mass is 79.9. The van der Waals surface area contributed by atoms with Crippen LogP contribution in [0.4, 0.5) is 0 Å². The molecule has 5 nitrogen and oxygen atoms in total. The predicted molar refractivity (Wildman–Crippen MR) is 80.0 cm³/mol. The fourth-order valence-electron chi connectivity index (χ4n) is 1.73. The molecule has 0 aromatic heterocycles. The first-order chi connectivity index (χ1) is 9.36. The van der Waals surface area contributed by atoms with Gasteiger partial charge in [-0.15, -0.1) is 0 Å². The van der Waals surface area contributed by atoms with Gasteiger partial charge in [0.15, 0.2) is 0 Å². The second kappa shape index (κ2) is 7.40. The van der Waals surface area contributed by atoms with Crippen LogP contribution in [0.15, 0.2) is 28.7 Å². The lowest BCUT2D eigenvalue weighted by atomic mass is 10.1. The average Bonchev–Trinajstić information content (AvgIpc) is 2.42. The second-order valence-corrected chi connectivity index (χ2v) is 5.58. The molecule has 1 amide bonds. The van der Waals surface area contributed by atoms with Gasteiger partial charge in [0, 0.05) is 24.1 Å². The van der Waals surface area contributed by atoms with Gasteiger partial charge in [0.05, 0.1) is 19.6 Å². The highest BCUT2D eigenvalue weighted by Crippen LogP contribution is 2.15. The van der Waals surface area contributed by atoms with Crippen LogP contribution in [0.1, 0.15) is 17.3 Å². The van der Waals surface area contributed by atoms with Crippen molar-refractivity contribution >= 4 is 27.8 Å². The van der Waals surface area contributed by atoms with E-state index in [1.54, 1.807) is 44.2 Å². The highest BCUT2D eigenvalue weighted by Gasteiger charge is 2.24. The molecule has 0 aliphatic rings. The van der Waals surface area contributed by atoms with Gasteiger partial charge in [0.1, 0.15) is 0 Å². The van der Waals surface area contributed by atoms with E-state index in [0.29, 0.717) is 5.56 Å². The lowest BCUT2D eigenvalue weighted by molar-refractivity contribution is -0.146. The maximum Gasteiger partial charge on any atom is 0.310 e. The largest absolute Gasteiger partial charge is 0.469 e. The molecule has 0 aliphatic carbocycles. The van der Waals surface area contributed by atoms with Crippen LogP contribution in [0.25, 0.3) is 0 Å². The van der Waals surface area contributed by atoms with Gasteiger partial charge in [-0.25, -0.2) is 5.01 Å². The zero-order valence-corrected chi connectivity index (χ0v) is 13.7. The Morgan fingerprint density at radius 1 is 1.35 bits per heavy atom. The molecule has 0 spiro atoms. The molecule has 20 heavy (non-hydrogen) atoms. The molecular weight excluding hydrogens is 324 g/mol. The Balaban J connectivity index is 2.91. The summed E-state index contributed by atoms with van der Waals surface area (Å²) in [4.78, 5) is 24.0. The number of methoxy groups -OCH3 is 1. The maximum atomic E-state index is 12.5. The highest BCUT2D eigenvalue weighted by molar-refractivity contribution is 9.10. The predicted octanol–water partition coefficient (Wildman–Crippen LogP) is 2.18. The Morgan fingerprint density at radius 2 is 2.00 bits per heavy atom. The lowest BCUT2D eigenvalue weighted by Gasteiger charge is -2.30. The number of halogens is 1. The van der Waals surface area contributed by atoms with E-state index in [2.05, 4.69) is 15.9 Å². The van der Waals surface area contributed by atoms with E-state index >= 15 is 0 Å². The van der Waals surface area contributed by atoms with Crippen molar-refractivity contribution in [2.45, 2.75) is 6.92 Å². The Bertz CT molecular complexity index is 491. The van der Waals surface area contributed by atoms with E-state index in [0.717, 1.165) is 4.47 Å². The Labute approximate surface area is 127 Å². The van der Waals surface area contributed by atoms with Crippen LogP contribution in [-0.4, -0.2) is 49.6 Å². The fourth-order valence-corrected chi connectivity index (χ4v) is 2.13. The van der Waals surface area contributed by atoms with E-state index in [-0.39, 0.29) is 18.4 Å². The molecule has 1 aromatic rings. The maximum absolute atomic E-state index is 12.5. The number of rotatable bonds is 5. The summed E-state index contributed by atoms with van der Waals surface area (Å²) in [5, 5.41) is 3.19. The van der Waals surface area contributed by atoms with Crippen molar-refractivity contribution in [2.24, 2.45) is 5.92 Å². The van der Waals surface area contributed by atoms with Crippen molar-refractivity contribution in [3.8, 4) is 0 Å². The molecule has 110 valence electrons. The zero-order valence-electron chi connectivity index (χ0n) is 12.1. The van der Waals surface area contributed by atoms with E-state index in [4.69, 9.17) is 4.74 Å². The molecule has 1 atom stereocenters. The monoisotopic (exact) mass is 342 g/mol. The second-order valence-electron chi connectivity index (χ2n) is 4.67. The molecule has 1 rings (SSSR count). The van der Waals surface area contributed by atoms with Crippen molar-refractivity contribution in [1.82, 2.24) is 10.0 Å². The molecule has 0 heterocycles. The summed E-state index contributed by atoms with van der Waals surface area (Å²) >= 11 is 3.34. The molecule has 0 N–H and O–H groups in total. The van der Waals surface area contributed by atoms with Crippen molar-refractivity contribution in [3.05, 3.63) is 34.3 Å². The number of nitrogens with zero attached hydrogens (tertiary/aromatic N) is 2. The molecule has 1 aromatic carbocycles. The zero-order chi connectivity index (χ0) is 15.3. The van der Waals surface area contributed by atoms with E-state index < -0.39 is 5.92 Å². The van der Waals surface area contributed by atoms with Gasteiger partial charge in [0.2, 0.25) is 0 Å². The molecular formula is C14H19BrN2O3. The number of amides is 1. The first-order valence-electron chi connectivity index (χ1n) is 6.19. The summed E-state index contributed by atoms with van der Waals surface area (Å²) in [7, 11) is 4.87. The first kappa shape index (κ1) is 16.7. The summed E-state index contributed by atoms with van der Waals surface area (Å²) in [5.74, 6) is -0.885. The quantitative estimate of drug-likeness (QED) is 0.607. The first-order valence-corrected chi connectivity index (χ1v) is 6.98. The summed E-state index contributed by atoms with van der Waals surface area (Å²) in [6.45, 7) is 2.00. The van der Waals surface area contributed by atoms with Crippen LogP contribution in [0.2, 0.25) is 0 Å². The SMILES string of the molecule is COC(=O)C(C)CN(C(=O)c1cccc(Br)c1)N(C)C. The fraction of sp³-hybridized carbons (Fsp3) is 0.429. The molecule has 0 saturated carbocycles. The topological polar surface area (TPSA) is 49.9 Å². The normalized spacial score (nSPS) is 12.1. The van der Waals surface area contributed by atoms with Crippen molar-refractivity contribution in [1.29, 1.82) is 0 Å². The third kappa shape index (κ3) is 4.31. The molecule has 1 unspecified atom stereocenters. The van der Waals surface area contributed by atoms with E-state index in [1.165, 1.54) is 12.1 Å². The summed E-state index contributed by atoms with van der Waals surface area (Å²) < 4.78 is 5.53. The molecule has 0 fully saturated rings. The van der Waals surface area contributed by atoms with Gasteiger partial charge >= 0.3 is 5.97 Å². The molecule has 0 bridgehead atoms. The van der Waals surface area contributed by atoms with Crippen LogP contribution in [0.5, 0.6) is 0 Å². The number of benzene rings is 1. The molecule has 6 heteroatoms. The van der Waals surface area contributed by atoms with Crippen molar-refractivity contribution in [2.75, 3.05) is 27.7 Å². The van der Waals surface area contributed by atoms with Crippen molar-refractivity contribution in [3.63, 3.8) is 0 Å². The van der Waals surface area contributed by atoms with Gasteiger partial charge in [-0.1, -0.05) is 28.9 Å². The average molecular weight is 343 g/mol. The number of carbonyl (C=O) groups is 2. The minimum atomic E-state index is -0.390. The van der Waals surface area contributed by atoms with Gasteiger partial charge in [-0.05, 0) is 18.2 Å². The number of ether oxygens (including phenoxy) is 1. The minimum Gasteiger partial charge on any atom is -0.469 e. The van der Waals surface area contributed by atoms with Gasteiger partial charge in [-0.2, -0.15) is 0 Å². The number of hydrazine groups is 1. The Hall–Kier alpha value is -1.40. The van der Waals surface area contributed by atoms with Crippen LogP contribution in [0, 0.1) is 5.92 Å². The molecule has 0 radical (unpaired) electrons. The number of hydrogen-bond donors (Lipinski definition) is 0. The van der Waals surface area contributed by atoms with Gasteiger partial charge in [0.25, 0.3) is 5.91 Å². The van der Waals surface area contributed by atoms with Crippen molar-refractivity contribution < 1.29 is 14.3 Å². The standard InChI is InChI=1S/C14H19BrN2O3/c1-10(14(19)20-4)9-17(16(2)3)13(18)11-6-5-7-12(15)8-11/h5-8,10H,9H2,1-4H3. The smallest absolute Gasteiger partial charge is 0.310 e. The Kier molecular flexibility index (Phi) is 6.16. The number of carbonyl (C=O) groups excluding carboxylic acids is 2. The van der Waals surface area contributed by atoms with Gasteiger partial charge < -0.3 is 4.74 Å². The van der Waals surface area contributed by atoms with Crippen LogP contribution in [-0.2, 0) is 9.53 Å².